The topological polar surface area (TPSA) is 83.0 Å². The molecule has 0 aliphatic carbocycles. The molecular weight excluding hydrogens is 375 g/mol. The number of thiophene rings is 1. The predicted molar refractivity (Wildman–Crippen MR) is 99.8 cm³/mol. The SMILES string of the molecule is NC(=O)Cn1c(SCCCOc2ccc(F)cc2)nnc1-c1cccs1. The minimum atomic E-state index is -0.441. The lowest BCUT2D eigenvalue weighted by Gasteiger charge is -2.08. The van der Waals surface area contributed by atoms with Crippen LogP contribution in [0.5, 0.6) is 5.75 Å². The molecule has 2 aromatic heterocycles. The first-order valence-corrected chi connectivity index (χ1v) is 9.76. The number of benzene rings is 1. The van der Waals surface area contributed by atoms with E-state index in [4.69, 9.17) is 10.5 Å². The van der Waals surface area contributed by atoms with Crippen LogP contribution in [-0.4, -0.2) is 33.0 Å². The first-order valence-electron chi connectivity index (χ1n) is 7.90. The molecule has 0 radical (unpaired) electrons. The molecule has 6 nitrogen and oxygen atoms in total. The van der Waals surface area contributed by atoms with Crippen LogP contribution in [0, 0.1) is 5.82 Å². The van der Waals surface area contributed by atoms with Crippen LogP contribution in [0.1, 0.15) is 6.42 Å². The fraction of sp³-hybridized carbons (Fsp3) is 0.235. The third kappa shape index (κ3) is 4.83. The summed E-state index contributed by atoms with van der Waals surface area (Å²) < 4.78 is 20.1. The van der Waals surface area contributed by atoms with Crippen LogP contribution in [0.2, 0.25) is 0 Å². The average Bonchev–Trinajstić information content (AvgIpc) is 3.26. The summed E-state index contributed by atoms with van der Waals surface area (Å²) in [5.74, 6) is 1.28. The van der Waals surface area contributed by atoms with E-state index in [-0.39, 0.29) is 12.4 Å². The van der Waals surface area contributed by atoms with Gasteiger partial charge in [0.15, 0.2) is 11.0 Å². The lowest BCUT2D eigenvalue weighted by Crippen LogP contribution is -2.19. The Bertz CT molecular complexity index is 850. The van der Waals surface area contributed by atoms with Gasteiger partial charge in [-0.3, -0.25) is 9.36 Å². The Morgan fingerprint density at radius 3 is 2.77 bits per heavy atom. The van der Waals surface area contributed by atoms with Gasteiger partial charge in [-0.25, -0.2) is 4.39 Å². The Morgan fingerprint density at radius 2 is 2.08 bits per heavy atom. The molecule has 2 N–H and O–H groups in total. The van der Waals surface area contributed by atoms with E-state index in [0.717, 1.165) is 17.1 Å². The molecule has 2 heterocycles. The number of thioether (sulfide) groups is 1. The van der Waals surface area contributed by atoms with E-state index < -0.39 is 5.91 Å². The zero-order chi connectivity index (χ0) is 18.4. The molecule has 3 aromatic rings. The molecule has 1 amide bonds. The van der Waals surface area contributed by atoms with Crippen molar-refractivity contribution in [2.24, 2.45) is 5.73 Å². The van der Waals surface area contributed by atoms with Crippen molar-refractivity contribution in [3.8, 4) is 16.5 Å². The molecular formula is C17H17FN4O2S2. The molecule has 1 aromatic carbocycles. The number of hydrogen-bond donors (Lipinski definition) is 1. The Morgan fingerprint density at radius 1 is 1.27 bits per heavy atom. The fourth-order valence-electron chi connectivity index (χ4n) is 2.23. The van der Waals surface area contributed by atoms with Crippen molar-refractivity contribution in [1.29, 1.82) is 0 Å². The second-order valence-corrected chi connectivity index (χ2v) is 7.35. The first kappa shape index (κ1) is 18.4. The van der Waals surface area contributed by atoms with Gasteiger partial charge in [-0.1, -0.05) is 17.8 Å². The lowest BCUT2D eigenvalue weighted by atomic mass is 10.3. The Balaban J connectivity index is 1.55. The number of halogens is 1. The van der Waals surface area contributed by atoms with Crippen molar-refractivity contribution >= 4 is 29.0 Å². The molecule has 0 unspecified atom stereocenters. The third-order valence-corrected chi connectivity index (χ3v) is 5.29. The van der Waals surface area contributed by atoms with E-state index in [1.165, 1.54) is 35.2 Å². The quantitative estimate of drug-likeness (QED) is 0.447. The highest BCUT2D eigenvalue weighted by molar-refractivity contribution is 7.99. The summed E-state index contributed by atoms with van der Waals surface area (Å²) in [5, 5.41) is 11.0. The number of hydrogen-bond acceptors (Lipinski definition) is 6. The highest BCUT2D eigenvalue weighted by Gasteiger charge is 2.16. The van der Waals surface area contributed by atoms with E-state index in [1.807, 2.05) is 17.5 Å². The average molecular weight is 392 g/mol. The minimum absolute atomic E-state index is 0.0364. The number of amides is 1. The zero-order valence-electron chi connectivity index (χ0n) is 13.8. The van der Waals surface area contributed by atoms with Crippen LogP contribution in [0.25, 0.3) is 10.7 Å². The lowest BCUT2D eigenvalue weighted by molar-refractivity contribution is -0.118. The van der Waals surface area contributed by atoms with E-state index in [2.05, 4.69) is 10.2 Å². The molecule has 0 bridgehead atoms. The molecule has 0 saturated carbocycles. The third-order valence-electron chi connectivity index (χ3n) is 3.37. The first-order chi connectivity index (χ1) is 12.6. The molecule has 9 heteroatoms. The van der Waals surface area contributed by atoms with Crippen LogP contribution < -0.4 is 10.5 Å². The maximum Gasteiger partial charge on any atom is 0.237 e. The van der Waals surface area contributed by atoms with Gasteiger partial charge < -0.3 is 10.5 Å². The van der Waals surface area contributed by atoms with Crippen molar-refractivity contribution in [2.45, 2.75) is 18.1 Å². The summed E-state index contributed by atoms with van der Waals surface area (Å²) in [6, 6.07) is 9.77. The van der Waals surface area contributed by atoms with Crippen molar-refractivity contribution in [1.82, 2.24) is 14.8 Å². The molecule has 26 heavy (non-hydrogen) atoms. The highest BCUT2D eigenvalue weighted by atomic mass is 32.2. The largest absolute Gasteiger partial charge is 0.494 e. The molecule has 136 valence electrons. The second kappa shape index (κ2) is 8.81. The normalized spacial score (nSPS) is 10.8. The number of nitrogens with two attached hydrogens (primary N) is 1. The van der Waals surface area contributed by atoms with E-state index in [1.54, 1.807) is 16.7 Å². The van der Waals surface area contributed by atoms with Crippen molar-refractivity contribution in [2.75, 3.05) is 12.4 Å². The highest BCUT2D eigenvalue weighted by Crippen LogP contribution is 2.27. The Kier molecular flexibility index (Phi) is 6.24. The van der Waals surface area contributed by atoms with Crippen molar-refractivity contribution in [3.05, 3.63) is 47.6 Å². The monoisotopic (exact) mass is 392 g/mol. The van der Waals surface area contributed by atoms with Crippen molar-refractivity contribution in [3.63, 3.8) is 0 Å². The number of primary amides is 1. The Hall–Kier alpha value is -2.39. The predicted octanol–water partition coefficient (Wildman–Crippen LogP) is 3.19. The van der Waals surface area contributed by atoms with E-state index >= 15 is 0 Å². The molecule has 0 saturated heterocycles. The molecule has 0 fully saturated rings. The summed E-state index contributed by atoms with van der Waals surface area (Å²) in [6.07, 6.45) is 0.764. The van der Waals surface area contributed by atoms with Gasteiger partial charge in [-0.05, 0) is 42.1 Å². The van der Waals surface area contributed by atoms with Gasteiger partial charge >= 0.3 is 0 Å². The minimum Gasteiger partial charge on any atom is -0.494 e. The van der Waals surface area contributed by atoms with E-state index in [9.17, 15) is 9.18 Å². The van der Waals surface area contributed by atoms with E-state index in [0.29, 0.717) is 23.3 Å². The van der Waals surface area contributed by atoms with Gasteiger partial charge in [-0.2, -0.15) is 0 Å². The number of aromatic nitrogens is 3. The number of rotatable bonds is 9. The molecule has 3 rings (SSSR count). The van der Waals surface area contributed by atoms with Crippen molar-refractivity contribution < 1.29 is 13.9 Å². The number of carbonyl (C=O) groups is 1. The zero-order valence-corrected chi connectivity index (χ0v) is 15.4. The summed E-state index contributed by atoms with van der Waals surface area (Å²) in [4.78, 5) is 12.3. The van der Waals surface area contributed by atoms with Crippen LogP contribution in [0.15, 0.2) is 46.9 Å². The summed E-state index contributed by atoms with van der Waals surface area (Å²) in [6.45, 7) is 0.537. The van der Waals surface area contributed by atoms with Gasteiger partial charge in [0, 0.05) is 5.75 Å². The van der Waals surface area contributed by atoms with Gasteiger partial charge in [0.1, 0.15) is 18.1 Å². The number of ether oxygens (including phenoxy) is 1. The molecule has 0 aliphatic heterocycles. The van der Waals surface area contributed by atoms with Crippen LogP contribution in [0.4, 0.5) is 4.39 Å². The Labute approximate surface area is 158 Å². The summed E-state index contributed by atoms with van der Waals surface area (Å²) >= 11 is 3.02. The maximum absolute atomic E-state index is 12.8. The van der Waals surface area contributed by atoms with Gasteiger partial charge in [-0.15, -0.1) is 21.5 Å². The molecule has 0 aliphatic rings. The van der Waals surface area contributed by atoms with Crippen LogP contribution in [0.3, 0.4) is 0 Å². The smallest absolute Gasteiger partial charge is 0.237 e. The summed E-state index contributed by atoms with van der Waals surface area (Å²) in [7, 11) is 0. The fourth-order valence-corrected chi connectivity index (χ4v) is 3.79. The van der Waals surface area contributed by atoms with Crippen LogP contribution in [-0.2, 0) is 11.3 Å². The number of carbonyl (C=O) groups excluding carboxylic acids is 1. The van der Waals surface area contributed by atoms with Gasteiger partial charge in [0.25, 0.3) is 0 Å². The molecule has 0 atom stereocenters. The maximum atomic E-state index is 12.8. The molecule has 0 spiro atoms. The standard InChI is InChI=1S/C17H17FN4O2S2/c18-12-4-6-13(7-5-12)24-8-2-10-26-17-21-20-16(14-3-1-9-25-14)22(17)11-15(19)23/h1,3-7,9H,2,8,10-11H2,(H2,19,23). The summed E-state index contributed by atoms with van der Waals surface area (Å²) in [5.41, 5.74) is 5.36. The van der Waals surface area contributed by atoms with Gasteiger partial charge in [0.2, 0.25) is 5.91 Å². The second-order valence-electron chi connectivity index (χ2n) is 5.34. The number of nitrogens with zero attached hydrogens (tertiary/aromatic N) is 3. The van der Waals surface area contributed by atoms with Gasteiger partial charge in [0.05, 0.1) is 11.5 Å². The van der Waals surface area contributed by atoms with Crippen LogP contribution >= 0.6 is 23.1 Å².